The van der Waals surface area contributed by atoms with Crippen LogP contribution in [0.3, 0.4) is 0 Å². The number of hydrogen-bond donors (Lipinski definition) is 0. The van der Waals surface area contributed by atoms with Crippen molar-refractivity contribution in [1.29, 1.82) is 0 Å². The Morgan fingerprint density at radius 2 is 1.75 bits per heavy atom. The minimum Gasteiger partial charge on any atom is -0.493 e. The lowest BCUT2D eigenvalue weighted by Crippen LogP contribution is -2.08. The van der Waals surface area contributed by atoms with Crippen molar-refractivity contribution in [3.63, 3.8) is 0 Å². The van der Waals surface area contributed by atoms with Crippen molar-refractivity contribution in [1.82, 2.24) is 14.8 Å². The van der Waals surface area contributed by atoms with Crippen LogP contribution in [0.4, 0.5) is 0 Å². The smallest absolute Gasteiger partial charge is 0.192 e. The Hall–Kier alpha value is -2.80. The van der Waals surface area contributed by atoms with E-state index in [-0.39, 0.29) is 17.6 Å². The van der Waals surface area contributed by atoms with Crippen molar-refractivity contribution < 1.29 is 14.3 Å². The van der Waals surface area contributed by atoms with E-state index in [1.807, 2.05) is 30.3 Å². The molecule has 0 spiro atoms. The molecule has 7 heteroatoms. The van der Waals surface area contributed by atoms with E-state index in [2.05, 4.69) is 28.6 Å². The lowest BCUT2D eigenvalue weighted by atomic mass is 10.1. The molecule has 1 heterocycles. The first-order valence-corrected chi connectivity index (χ1v) is 9.92. The number of nitrogens with zero attached hydrogens (tertiary/aromatic N) is 3. The van der Waals surface area contributed by atoms with Gasteiger partial charge in [0.15, 0.2) is 28.3 Å². The van der Waals surface area contributed by atoms with Gasteiger partial charge in [0.2, 0.25) is 0 Å². The molecule has 146 valence electrons. The van der Waals surface area contributed by atoms with Gasteiger partial charge in [0.1, 0.15) is 0 Å². The summed E-state index contributed by atoms with van der Waals surface area (Å²) in [5.74, 6) is 2.19. The maximum Gasteiger partial charge on any atom is 0.192 e. The monoisotopic (exact) mass is 397 g/mol. The summed E-state index contributed by atoms with van der Waals surface area (Å²) in [6, 6.07) is 15.3. The second-order valence-corrected chi connectivity index (χ2v) is 7.36. The number of carbonyl (C=O) groups excluding carboxylic acids is 1. The lowest BCUT2D eigenvalue weighted by Gasteiger charge is -2.13. The van der Waals surface area contributed by atoms with Crippen molar-refractivity contribution in [3.8, 4) is 22.9 Å². The number of hydrogen-bond acceptors (Lipinski definition) is 6. The molecule has 0 atom stereocenters. The van der Waals surface area contributed by atoms with Crippen LogP contribution in [0.1, 0.15) is 30.2 Å². The zero-order chi connectivity index (χ0) is 20.1. The highest BCUT2D eigenvalue weighted by Crippen LogP contribution is 2.30. The van der Waals surface area contributed by atoms with E-state index in [1.165, 1.54) is 11.8 Å². The molecule has 0 aliphatic carbocycles. The Kier molecular flexibility index (Phi) is 6.36. The molecule has 28 heavy (non-hydrogen) atoms. The topological polar surface area (TPSA) is 66.2 Å². The Labute approximate surface area is 168 Å². The van der Waals surface area contributed by atoms with Crippen LogP contribution in [0.15, 0.2) is 53.7 Å². The van der Waals surface area contributed by atoms with Crippen LogP contribution in [0.2, 0.25) is 0 Å². The molecule has 2 aromatic carbocycles. The molecule has 0 bridgehead atoms. The fourth-order valence-electron chi connectivity index (χ4n) is 2.85. The highest BCUT2D eigenvalue weighted by atomic mass is 32.2. The van der Waals surface area contributed by atoms with E-state index in [9.17, 15) is 4.79 Å². The normalized spacial score (nSPS) is 10.9. The summed E-state index contributed by atoms with van der Waals surface area (Å²) in [5.41, 5.74) is 1.57. The third kappa shape index (κ3) is 4.20. The van der Waals surface area contributed by atoms with Gasteiger partial charge in [0.25, 0.3) is 0 Å². The van der Waals surface area contributed by atoms with Crippen molar-refractivity contribution in [2.24, 2.45) is 0 Å². The quantitative estimate of drug-likeness (QED) is 0.411. The Morgan fingerprint density at radius 1 is 1.04 bits per heavy atom. The van der Waals surface area contributed by atoms with Gasteiger partial charge in [-0.15, -0.1) is 10.2 Å². The van der Waals surface area contributed by atoms with Crippen LogP contribution in [0.5, 0.6) is 11.5 Å². The summed E-state index contributed by atoms with van der Waals surface area (Å²) in [6.07, 6.45) is 0. The number of rotatable bonds is 8. The third-order valence-corrected chi connectivity index (χ3v) is 5.19. The number of methoxy groups -OCH3 is 2. The molecule has 1 aromatic heterocycles. The molecule has 0 N–H and O–H groups in total. The predicted octanol–water partition coefficient (Wildman–Crippen LogP) is 4.52. The first-order valence-electron chi connectivity index (χ1n) is 8.93. The van der Waals surface area contributed by atoms with E-state index in [0.29, 0.717) is 17.1 Å². The van der Waals surface area contributed by atoms with Gasteiger partial charge < -0.3 is 9.47 Å². The number of aromatic nitrogens is 3. The summed E-state index contributed by atoms with van der Waals surface area (Å²) >= 11 is 1.38. The van der Waals surface area contributed by atoms with Crippen LogP contribution in [-0.4, -0.2) is 40.5 Å². The highest BCUT2D eigenvalue weighted by molar-refractivity contribution is 7.99. The Balaban J connectivity index is 1.79. The molecule has 0 aliphatic rings. The largest absolute Gasteiger partial charge is 0.493 e. The number of thioether (sulfide) groups is 1. The molecule has 0 radical (unpaired) electrons. The SMILES string of the molecule is COc1ccc(C(=O)CSc2nnc(-c3ccccc3)n2C(C)C)cc1OC. The number of carbonyl (C=O) groups is 1. The van der Waals surface area contributed by atoms with Crippen molar-refractivity contribution in [2.45, 2.75) is 25.0 Å². The number of Topliss-reactive ketones (excluding diaryl/α,β-unsaturated/α-hetero) is 1. The zero-order valence-corrected chi connectivity index (χ0v) is 17.2. The Morgan fingerprint density at radius 3 is 2.39 bits per heavy atom. The minimum atomic E-state index is -0.00878. The predicted molar refractivity (Wildman–Crippen MR) is 110 cm³/mol. The highest BCUT2D eigenvalue weighted by Gasteiger charge is 2.18. The van der Waals surface area contributed by atoms with Gasteiger partial charge in [-0.1, -0.05) is 42.1 Å². The van der Waals surface area contributed by atoms with Gasteiger partial charge in [0, 0.05) is 17.2 Å². The van der Waals surface area contributed by atoms with Crippen LogP contribution in [0.25, 0.3) is 11.4 Å². The molecule has 0 saturated carbocycles. The van der Waals surface area contributed by atoms with Crippen molar-refractivity contribution >= 4 is 17.5 Å². The lowest BCUT2D eigenvalue weighted by molar-refractivity contribution is 0.102. The first-order chi connectivity index (χ1) is 13.5. The van der Waals surface area contributed by atoms with Crippen molar-refractivity contribution in [2.75, 3.05) is 20.0 Å². The van der Waals surface area contributed by atoms with Crippen molar-refractivity contribution in [3.05, 3.63) is 54.1 Å². The zero-order valence-electron chi connectivity index (χ0n) is 16.4. The molecule has 3 rings (SSSR count). The number of ketones is 1. The Bertz CT molecular complexity index is 955. The fourth-order valence-corrected chi connectivity index (χ4v) is 3.81. The standard InChI is InChI=1S/C21H23N3O3S/c1-14(2)24-20(15-8-6-5-7-9-15)22-23-21(24)28-13-17(25)16-10-11-18(26-3)19(12-16)27-4/h5-12,14H,13H2,1-4H3. The van der Waals surface area contributed by atoms with Gasteiger partial charge in [-0.3, -0.25) is 9.36 Å². The second-order valence-electron chi connectivity index (χ2n) is 6.42. The van der Waals surface area contributed by atoms with E-state index >= 15 is 0 Å². The van der Waals surface area contributed by atoms with E-state index in [0.717, 1.165) is 16.5 Å². The summed E-state index contributed by atoms with van der Waals surface area (Å²) in [6.45, 7) is 4.16. The third-order valence-electron chi connectivity index (χ3n) is 4.25. The summed E-state index contributed by atoms with van der Waals surface area (Å²) in [7, 11) is 3.12. The van der Waals surface area contributed by atoms with Crippen LogP contribution < -0.4 is 9.47 Å². The van der Waals surface area contributed by atoms with Crippen LogP contribution in [-0.2, 0) is 0 Å². The second kappa shape index (κ2) is 8.93. The fraction of sp³-hybridized carbons (Fsp3) is 0.286. The molecule has 6 nitrogen and oxygen atoms in total. The van der Waals surface area contributed by atoms with E-state index in [1.54, 1.807) is 32.4 Å². The molecule has 0 unspecified atom stereocenters. The molecule has 3 aromatic rings. The minimum absolute atomic E-state index is 0.00878. The average Bonchev–Trinajstić information content (AvgIpc) is 3.16. The molecular weight excluding hydrogens is 374 g/mol. The van der Waals surface area contributed by atoms with E-state index in [4.69, 9.17) is 9.47 Å². The van der Waals surface area contributed by atoms with E-state index < -0.39 is 0 Å². The molecule has 0 aliphatic heterocycles. The molecule has 0 saturated heterocycles. The van der Waals surface area contributed by atoms with Gasteiger partial charge in [-0.25, -0.2) is 0 Å². The summed E-state index contributed by atoms with van der Waals surface area (Å²) in [4.78, 5) is 12.7. The number of ether oxygens (including phenoxy) is 2. The van der Waals surface area contributed by atoms with Crippen LogP contribution in [0, 0.1) is 0 Å². The maximum absolute atomic E-state index is 12.7. The van der Waals surface area contributed by atoms with Gasteiger partial charge in [-0.2, -0.15) is 0 Å². The van der Waals surface area contributed by atoms with Gasteiger partial charge in [-0.05, 0) is 32.0 Å². The summed E-state index contributed by atoms with van der Waals surface area (Å²) < 4.78 is 12.6. The van der Waals surface area contributed by atoms with Gasteiger partial charge >= 0.3 is 0 Å². The van der Waals surface area contributed by atoms with Gasteiger partial charge in [0.05, 0.1) is 20.0 Å². The maximum atomic E-state index is 12.7. The number of benzene rings is 2. The first kappa shape index (κ1) is 19.9. The molecular formula is C21H23N3O3S. The summed E-state index contributed by atoms with van der Waals surface area (Å²) in [5, 5.41) is 9.40. The molecule has 0 amide bonds. The van der Waals surface area contributed by atoms with Crippen LogP contribution >= 0.6 is 11.8 Å². The average molecular weight is 398 g/mol. The molecule has 0 fully saturated rings.